The molecule has 1 amide bonds. The zero-order valence-corrected chi connectivity index (χ0v) is 11.6. The van der Waals surface area contributed by atoms with Crippen molar-refractivity contribution >= 4 is 17.5 Å². The van der Waals surface area contributed by atoms with Crippen LogP contribution < -0.4 is 21.1 Å². The zero-order valence-electron chi connectivity index (χ0n) is 11.6. The van der Waals surface area contributed by atoms with Crippen LogP contribution in [0, 0.1) is 0 Å². The molecule has 0 aromatic heterocycles. The maximum Gasteiger partial charge on any atom is 0.410 e. The van der Waals surface area contributed by atoms with Gasteiger partial charge in [0.1, 0.15) is 0 Å². The van der Waals surface area contributed by atoms with Crippen molar-refractivity contribution in [1.82, 2.24) is 0 Å². The molecule has 1 rings (SSSR count). The molecule has 0 atom stereocenters. The molecule has 4 N–H and O–H groups in total. The third-order valence-electron chi connectivity index (χ3n) is 2.63. The van der Waals surface area contributed by atoms with Gasteiger partial charge in [-0.25, -0.2) is 4.79 Å². The Hall–Kier alpha value is -1.91. The Bertz CT molecular complexity index is 462. The van der Waals surface area contributed by atoms with E-state index in [1.54, 1.807) is 6.07 Å². The van der Waals surface area contributed by atoms with E-state index >= 15 is 0 Å². The highest BCUT2D eigenvalue weighted by atomic mass is 16.5. The minimum Gasteiger partial charge on any atom is -0.408 e. The molecular weight excluding hydrogens is 230 g/mol. The molecule has 0 spiro atoms. The molecule has 0 saturated carbocycles. The Morgan fingerprint density at radius 2 is 1.83 bits per heavy atom. The van der Waals surface area contributed by atoms with Crippen LogP contribution in [0.2, 0.25) is 0 Å². The van der Waals surface area contributed by atoms with Gasteiger partial charge in [-0.2, -0.15) is 0 Å². The molecule has 0 aliphatic heterocycles. The van der Waals surface area contributed by atoms with Crippen molar-refractivity contribution in [2.24, 2.45) is 5.73 Å². The SMILES string of the molecule is CN(C)c1ccc(OC(N)=O)c(N)c1C(C)(C)C. The summed E-state index contributed by atoms with van der Waals surface area (Å²) in [4.78, 5) is 12.8. The number of nitrogen functional groups attached to an aromatic ring is 1. The summed E-state index contributed by atoms with van der Waals surface area (Å²) in [7, 11) is 3.89. The van der Waals surface area contributed by atoms with E-state index in [1.165, 1.54) is 0 Å². The van der Waals surface area contributed by atoms with Gasteiger partial charge in [-0.1, -0.05) is 20.8 Å². The van der Waals surface area contributed by atoms with Crippen molar-refractivity contribution in [3.8, 4) is 5.75 Å². The molecule has 0 aliphatic rings. The largest absolute Gasteiger partial charge is 0.410 e. The van der Waals surface area contributed by atoms with Crippen molar-refractivity contribution in [1.29, 1.82) is 0 Å². The van der Waals surface area contributed by atoms with Gasteiger partial charge in [0, 0.05) is 25.3 Å². The molecule has 1 aromatic carbocycles. The summed E-state index contributed by atoms with van der Waals surface area (Å²) >= 11 is 0. The molecule has 100 valence electrons. The van der Waals surface area contributed by atoms with Crippen LogP contribution in [0.4, 0.5) is 16.2 Å². The van der Waals surface area contributed by atoms with Crippen molar-refractivity contribution in [2.45, 2.75) is 26.2 Å². The number of anilines is 2. The second-order valence-corrected chi connectivity index (χ2v) is 5.44. The summed E-state index contributed by atoms with van der Waals surface area (Å²) in [5, 5.41) is 0. The summed E-state index contributed by atoms with van der Waals surface area (Å²) < 4.78 is 4.91. The third kappa shape index (κ3) is 2.85. The Morgan fingerprint density at radius 1 is 1.28 bits per heavy atom. The predicted molar refractivity (Wildman–Crippen MR) is 74.1 cm³/mol. The Balaban J connectivity index is 3.45. The Kier molecular flexibility index (Phi) is 3.74. The van der Waals surface area contributed by atoms with Gasteiger partial charge in [0.15, 0.2) is 5.75 Å². The Morgan fingerprint density at radius 3 is 2.22 bits per heavy atom. The van der Waals surface area contributed by atoms with Crippen LogP contribution in [0.15, 0.2) is 12.1 Å². The molecule has 0 saturated heterocycles. The first-order valence-electron chi connectivity index (χ1n) is 5.72. The Labute approximate surface area is 108 Å². The number of carbonyl (C=O) groups is 1. The van der Waals surface area contributed by atoms with Gasteiger partial charge in [0.25, 0.3) is 0 Å². The highest BCUT2D eigenvalue weighted by Crippen LogP contribution is 2.40. The van der Waals surface area contributed by atoms with Gasteiger partial charge in [-0.15, -0.1) is 0 Å². The van der Waals surface area contributed by atoms with E-state index in [9.17, 15) is 4.79 Å². The summed E-state index contributed by atoms with van der Waals surface area (Å²) in [6, 6.07) is 3.53. The average molecular weight is 251 g/mol. The number of ether oxygens (including phenoxy) is 1. The third-order valence-corrected chi connectivity index (χ3v) is 2.63. The number of hydrogen-bond donors (Lipinski definition) is 2. The smallest absolute Gasteiger partial charge is 0.408 e. The fourth-order valence-corrected chi connectivity index (χ4v) is 1.95. The van der Waals surface area contributed by atoms with Gasteiger partial charge < -0.3 is 21.1 Å². The maximum absolute atomic E-state index is 10.8. The average Bonchev–Trinajstić information content (AvgIpc) is 2.17. The number of carbonyl (C=O) groups excluding carboxylic acids is 1. The van der Waals surface area contributed by atoms with Gasteiger partial charge in [0.2, 0.25) is 0 Å². The van der Waals surface area contributed by atoms with Crippen molar-refractivity contribution in [3.05, 3.63) is 17.7 Å². The molecular formula is C13H21N3O2. The molecule has 0 bridgehead atoms. The number of amides is 1. The molecule has 5 nitrogen and oxygen atoms in total. The van der Waals surface area contributed by atoms with E-state index < -0.39 is 6.09 Å². The molecule has 0 radical (unpaired) electrons. The quantitative estimate of drug-likeness (QED) is 0.788. The molecule has 1 aromatic rings. The number of primary amides is 1. The number of hydrogen-bond acceptors (Lipinski definition) is 4. The monoisotopic (exact) mass is 251 g/mol. The fourth-order valence-electron chi connectivity index (χ4n) is 1.95. The van der Waals surface area contributed by atoms with E-state index in [-0.39, 0.29) is 5.41 Å². The van der Waals surface area contributed by atoms with Gasteiger partial charge in [0.05, 0.1) is 5.69 Å². The van der Waals surface area contributed by atoms with Crippen LogP contribution in [-0.4, -0.2) is 20.2 Å². The first kappa shape index (κ1) is 14.2. The normalized spacial score (nSPS) is 11.2. The minimum atomic E-state index is -0.862. The lowest BCUT2D eigenvalue weighted by atomic mass is 9.84. The lowest BCUT2D eigenvalue weighted by Crippen LogP contribution is -2.23. The lowest BCUT2D eigenvalue weighted by Gasteiger charge is -2.29. The van der Waals surface area contributed by atoms with E-state index in [1.807, 2.05) is 25.1 Å². The van der Waals surface area contributed by atoms with E-state index in [0.29, 0.717) is 11.4 Å². The second kappa shape index (κ2) is 4.76. The van der Waals surface area contributed by atoms with Crippen molar-refractivity contribution in [2.75, 3.05) is 24.7 Å². The van der Waals surface area contributed by atoms with Crippen LogP contribution in [0.1, 0.15) is 26.3 Å². The molecule has 0 aliphatic carbocycles. The standard InChI is InChI=1S/C13H21N3O2/c1-13(2,3)10-8(16(4)5)6-7-9(11(10)14)18-12(15)17/h6-7H,14H2,1-5H3,(H2,15,17). The van der Waals surface area contributed by atoms with Crippen molar-refractivity contribution in [3.63, 3.8) is 0 Å². The number of nitrogens with two attached hydrogens (primary N) is 2. The zero-order chi connectivity index (χ0) is 14.1. The van der Waals surface area contributed by atoms with Crippen LogP contribution in [0.25, 0.3) is 0 Å². The summed E-state index contributed by atoms with van der Waals surface area (Å²) in [6.45, 7) is 6.17. The molecule has 0 fully saturated rings. The van der Waals surface area contributed by atoms with Crippen LogP contribution >= 0.6 is 0 Å². The van der Waals surface area contributed by atoms with Crippen LogP contribution in [0.5, 0.6) is 5.75 Å². The van der Waals surface area contributed by atoms with Crippen molar-refractivity contribution < 1.29 is 9.53 Å². The predicted octanol–water partition coefficient (Wildman–Crippen LogP) is 2.09. The topological polar surface area (TPSA) is 81.6 Å². The first-order valence-corrected chi connectivity index (χ1v) is 5.72. The maximum atomic E-state index is 10.8. The summed E-state index contributed by atoms with van der Waals surface area (Å²) in [5.41, 5.74) is 13.3. The fraction of sp³-hybridized carbons (Fsp3) is 0.462. The second-order valence-electron chi connectivity index (χ2n) is 5.44. The summed E-state index contributed by atoms with van der Waals surface area (Å²) in [5.74, 6) is 0.304. The van der Waals surface area contributed by atoms with E-state index in [2.05, 4.69) is 20.8 Å². The molecule has 18 heavy (non-hydrogen) atoms. The van der Waals surface area contributed by atoms with Crippen LogP contribution in [0.3, 0.4) is 0 Å². The van der Waals surface area contributed by atoms with Gasteiger partial charge in [-0.3, -0.25) is 0 Å². The number of nitrogens with zero attached hydrogens (tertiary/aromatic N) is 1. The van der Waals surface area contributed by atoms with Gasteiger partial charge >= 0.3 is 6.09 Å². The summed E-state index contributed by atoms with van der Waals surface area (Å²) in [6.07, 6.45) is -0.862. The highest BCUT2D eigenvalue weighted by molar-refractivity contribution is 5.77. The number of benzene rings is 1. The lowest BCUT2D eigenvalue weighted by molar-refractivity contribution is 0.211. The van der Waals surface area contributed by atoms with E-state index in [0.717, 1.165) is 11.3 Å². The number of rotatable bonds is 2. The van der Waals surface area contributed by atoms with Gasteiger partial charge in [-0.05, 0) is 17.5 Å². The molecule has 5 heteroatoms. The van der Waals surface area contributed by atoms with E-state index in [4.69, 9.17) is 16.2 Å². The molecule has 0 unspecified atom stereocenters. The molecule has 0 heterocycles. The highest BCUT2D eigenvalue weighted by Gasteiger charge is 2.24. The first-order chi connectivity index (χ1) is 8.14. The minimum absolute atomic E-state index is 0.166. The van der Waals surface area contributed by atoms with Crippen LogP contribution in [-0.2, 0) is 5.41 Å².